The summed E-state index contributed by atoms with van der Waals surface area (Å²) in [5, 5.41) is 27.4. The quantitative estimate of drug-likeness (QED) is 0.565. The Morgan fingerprint density at radius 2 is 2.17 bits per heavy atom. The number of aliphatic hydroxyl groups excluding tert-OH is 1. The molecule has 8 nitrogen and oxygen atoms in total. The third kappa shape index (κ3) is 3.98. The topological polar surface area (TPSA) is 98.8 Å². The van der Waals surface area contributed by atoms with Crippen LogP contribution in [0.25, 0.3) is 5.65 Å². The van der Waals surface area contributed by atoms with Gasteiger partial charge in [-0.25, -0.2) is 9.97 Å². The highest BCUT2D eigenvalue weighted by Gasteiger charge is 2.25. The summed E-state index contributed by atoms with van der Waals surface area (Å²) < 4.78 is 1.82. The smallest absolute Gasteiger partial charge is 0.215 e. The van der Waals surface area contributed by atoms with Crippen LogP contribution in [0.2, 0.25) is 0 Å². The van der Waals surface area contributed by atoms with Crippen molar-refractivity contribution in [2.75, 3.05) is 23.4 Å². The van der Waals surface area contributed by atoms with Crippen molar-refractivity contribution in [1.82, 2.24) is 19.6 Å². The first-order chi connectivity index (χ1) is 14.2. The summed E-state index contributed by atoms with van der Waals surface area (Å²) in [4.78, 5) is 11.2. The van der Waals surface area contributed by atoms with Crippen LogP contribution >= 0.6 is 0 Å². The molecule has 1 saturated heterocycles. The molecule has 0 bridgehead atoms. The summed E-state index contributed by atoms with van der Waals surface area (Å²) in [6.45, 7) is 3.65. The SMILES string of the molecule is CCc1cnn2c(NCc3cccnc3O)cc(N3CCCC[C@H]3CCO)nc12. The van der Waals surface area contributed by atoms with Crippen LogP contribution in [-0.4, -0.2) is 49.0 Å². The van der Waals surface area contributed by atoms with Crippen molar-refractivity contribution >= 4 is 17.3 Å². The van der Waals surface area contributed by atoms with Gasteiger partial charge in [-0.15, -0.1) is 0 Å². The molecule has 0 aromatic carbocycles. The van der Waals surface area contributed by atoms with Crippen molar-refractivity contribution in [1.29, 1.82) is 0 Å². The highest BCUT2D eigenvalue weighted by Crippen LogP contribution is 2.29. The second-order valence-electron chi connectivity index (χ2n) is 7.45. The molecule has 3 aromatic heterocycles. The highest BCUT2D eigenvalue weighted by molar-refractivity contribution is 5.61. The van der Waals surface area contributed by atoms with Crippen LogP contribution in [0.15, 0.2) is 30.6 Å². The molecule has 29 heavy (non-hydrogen) atoms. The molecule has 3 aromatic rings. The van der Waals surface area contributed by atoms with Crippen molar-refractivity contribution in [3.05, 3.63) is 41.7 Å². The summed E-state index contributed by atoms with van der Waals surface area (Å²) in [6.07, 6.45) is 8.41. The lowest BCUT2D eigenvalue weighted by Crippen LogP contribution is -2.40. The zero-order chi connectivity index (χ0) is 20.2. The van der Waals surface area contributed by atoms with Gasteiger partial charge in [-0.05, 0) is 38.2 Å². The molecular weight excluding hydrogens is 368 g/mol. The Bertz CT molecular complexity index is 971. The average molecular weight is 396 g/mol. The molecule has 1 aliphatic rings. The lowest BCUT2D eigenvalue weighted by Gasteiger charge is -2.36. The van der Waals surface area contributed by atoms with Crippen molar-refractivity contribution in [2.24, 2.45) is 0 Å². The molecular formula is C21H28N6O2. The van der Waals surface area contributed by atoms with Crippen LogP contribution in [0.4, 0.5) is 11.6 Å². The fraction of sp³-hybridized carbons (Fsp3) is 0.476. The maximum absolute atomic E-state index is 9.98. The predicted molar refractivity (Wildman–Crippen MR) is 112 cm³/mol. The van der Waals surface area contributed by atoms with E-state index in [9.17, 15) is 10.2 Å². The Hall–Kier alpha value is -2.87. The van der Waals surface area contributed by atoms with E-state index in [1.54, 1.807) is 12.3 Å². The first-order valence-corrected chi connectivity index (χ1v) is 10.3. The van der Waals surface area contributed by atoms with Crippen LogP contribution in [0.5, 0.6) is 5.88 Å². The number of nitrogens with zero attached hydrogens (tertiary/aromatic N) is 5. The standard InChI is InChI=1S/C21H28N6O2/c1-2-15-14-24-27-18(23-13-16-6-5-9-22-21(16)29)12-19(25-20(15)27)26-10-4-3-7-17(26)8-11-28/h5-6,9,12,14,17,23,28H,2-4,7-8,10-11,13H2,1H3,(H,22,29)/t17-/m0/s1. The number of hydrogen-bond donors (Lipinski definition) is 3. The van der Waals surface area contributed by atoms with Crippen LogP contribution < -0.4 is 10.2 Å². The Balaban J connectivity index is 1.71. The number of piperidine rings is 1. The van der Waals surface area contributed by atoms with Gasteiger partial charge in [-0.1, -0.05) is 13.0 Å². The van der Waals surface area contributed by atoms with Crippen molar-refractivity contribution in [2.45, 2.75) is 51.6 Å². The van der Waals surface area contributed by atoms with Crippen molar-refractivity contribution < 1.29 is 10.2 Å². The van der Waals surface area contributed by atoms with Crippen molar-refractivity contribution in [3.8, 4) is 5.88 Å². The van der Waals surface area contributed by atoms with E-state index in [0.29, 0.717) is 12.6 Å². The molecule has 154 valence electrons. The minimum Gasteiger partial charge on any atom is -0.493 e. The number of hydrogen-bond acceptors (Lipinski definition) is 7. The second kappa shape index (κ2) is 8.65. The number of aryl methyl sites for hydroxylation is 1. The molecule has 3 N–H and O–H groups in total. The van der Waals surface area contributed by atoms with E-state index in [0.717, 1.165) is 60.6 Å². The summed E-state index contributed by atoms with van der Waals surface area (Å²) in [5.41, 5.74) is 2.66. The lowest BCUT2D eigenvalue weighted by atomic mass is 9.99. The van der Waals surface area contributed by atoms with E-state index in [-0.39, 0.29) is 12.5 Å². The predicted octanol–water partition coefficient (Wildman–Crippen LogP) is 2.75. The Morgan fingerprint density at radius 3 is 2.97 bits per heavy atom. The third-order valence-corrected chi connectivity index (χ3v) is 5.62. The maximum atomic E-state index is 9.98. The van der Waals surface area contributed by atoms with Crippen LogP contribution in [0.3, 0.4) is 0 Å². The number of anilines is 2. The molecule has 1 fully saturated rings. The molecule has 0 radical (unpaired) electrons. The van der Waals surface area contributed by atoms with Gasteiger partial charge in [-0.3, -0.25) is 0 Å². The van der Waals surface area contributed by atoms with Gasteiger partial charge in [-0.2, -0.15) is 9.61 Å². The van der Waals surface area contributed by atoms with E-state index in [1.807, 2.05) is 22.8 Å². The molecule has 8 heteroatoms. The maximum Gasteiger partial charge on any atom is 0.215 e. The van der Waals surface area contributed by atoms with E-state index in [4.69, 9.17) is 4.98 Å². The average Bonchev–Trinajstić information content (AvgIpc) is 3.17. The van der Waals surface area contributed by atoms with E-state index in [2.05, 4.69) is 27.2 Å². The van der Waals surface area contributed by atoms with Gasteiger partial charge in [0.2, 0.25) is 5.88 Å². The Kier molecular flexibility index (Phi) is 5.80. The number of fused-ring (bicyclic) bond motifs is 1. The number of pyridine rings is 1. The molecule has 0 unspecified atom stereocenters. The highest BCUT2D eigenvalue weighted by atomic mass is 16.3. The number of aromatic nitrogens is 4. The molecule has 1 atom stereocenters. The second-order valence-corrected chi connectivity index (χ2v) is 7.45. The number of aliphatic hydroxyl groups is 1. The normalized spacial score (nSPS) is 17.0. The van der Waals surface area contributed by atoms with Gasteiger partial charge < -0.3 is 20.4 Å². The molecule has 4 heterocycles. The fourth-order valence-electron chi connectivity index (χ4n) is 4.02. The lowest BCUT2D eigenvalue weighted by molar-refractivity contribution is 0.262. The summed E-state index contributed by atoms with van der Waals surface area (Å²) in [7, 11) is 0. The number of rotatable bonds is 7. The van der Waals surface area contributed by atoms with Crippen LogP contribution in [-0.2, 0) is 13.0 Å². The van der Waals surface area contributed by atoms with Gasteiger partial charge in [0.1, 0.15) is 11.6 Å². The van der Waals surface area contributed by atoms with Gasteiger partial charge >= 0.3 is 0 Å². The van der Waals surface area contributed by atoms with E-state index in [1.165, 1.54) is 6.42 Å². The molecule has 0 aliphatic carbocycles. The summed E-state index contributed by atoms with van der Waals surface area (Å²) in [5.74, 6) is 1.75. The molecule has 0 amide bonds. The molecule has 0 saturated carbocycles. The van der Waals surface area contributed by atoms with Gasteiger partial charge in [0.05, 0.1) is 6.20 Å². The summed E-state index contributed by atoms with van der Waals surface area (Å²) in [6, 6.07) is 5.97. The van der Waals surface area contributed by atoms with Gasteiger partial charge in [0, 0.05) is 49.1 Å². The monoisotopic (exact) mass is 396 g/mol. The zero-order valence-electron chi connectivity index (χ0n) is 16.8. The van der Waals surface area contributed by atoms with E-state index >= 15 is 0 Å². The summed E-state index contributed by atoms with van der Waals surface area (Å²) >= 11 is 0. The zero-order valence-corrected chi connectivity index (χ0v) is 16.8. The Labute approximate surface area is 170 Å². The van der Waals surface area contributed by atoms with Crippen LogP contribution in [0, 0.1) is 0 Å². The minimum atomic E-state index is 0.0271. The van der Waals surface area contributed by atoms with Crippen molar-refractivity contribution in [3.63, 3.8) is 0 Å². The van der Waals surface area contributed by atoms with Gasteiger partial charge in [0.25, 0.3) is 0 Å². The number of nitrogens with one attached hydrogen (secondary N) is 1. The molecule has 1 aliphatic heterocycles. The molecule has 0 spiro atoms. The number of aromatic hydroxyl groups is 1. The van der Waals surface area contributed by atoms with Crippen LogP contribution in [0.1, 0.15) is 43.7 Å². The first kappa shape index (κ1) is 19.4. The first-order valence-electron chi connectivity index (χ1n) is 10.3. The van der Waals surface area contributed by atoms with Gasteiger partial charge in [0.15, 0.2) is 5.65 Å². The fourth-order valence-corrected chi connectivity index (χ4v) is 4.02. The Morgan fingerprint density at radius 1 is 1.28 bits per heavy atom. The largest absolute Gasteiger partial charge is 0.493 e. The molecule has 4 rings (SSSR count). The minimum absolute atomic E-state index is 0.0271. The van der Waals surface area contributed by atoms with E-state index < -0.39 is 0 Å². The third-order valence-electron chi connectivity index (χ3n) is 5.62.